The van der Waals surface area contributed by atoms with Crippen LogP contribution in [0.4, 0.5) is 0 Å². The molecule has 1 rings (SSSR count). The maximum atomic E-state index is 11.4. The van der Waals surface area contributed by atoms with Crippen molar-refractivity contribution in [2.24, 2.45) is 5.92 Å². The smallest absolute Gasteiger partial charge is 0.139 e. The van der Waals surface area contributed by atoms with E-state index in [-0.39, 0.29) is 11.7 Å². The van der Waals surface area contributed by atoms with Crippen molar-refractivity contribution in [3.8, 4) is 0 Å². The first kappa shape index (κ1) is 10.9. The molecule has 0 bridgehead atoms. The summed E-state index contributed by atoms with van der Waals surface area (Å²) < 4.78 is 0. The molecule has 2 heteroatoms. The molecule has 14 heavy (non-hydrogen) atoms. The second-order valence-corrected chi connectivity index (χ2v) is 4.09. The van der Waals surface area contributed by atoms with Crippen LogP contribution in [0.15, 0.2) is 18.3 Å². The number of ketones is 1. The molecular weight excluding hydrogens is 174 g/mol. The molecular formula is C12H17NO. The van der Waals surface area contributed by atoms with Crippen LogP contribution in [0.2, 0.25) is 0 Å². The van der Waals surface area contributed by atoms with Crippen LogP contribution in [0.3, 0.4) is 0 Å². The molecule has 0 amide bonds. The summed E-state index contributed by atoms with van der Waals surface area (Å²) in [5.74, 6) is 0.439. The molecule has 0 aliphatic heterocycles. The molecule has 1 aromatic rings. The van der Waals surface area contributed by atoms with Gasteiger partial charge in [-0.15, -0.1) is 0 Å². The molecule has 0 saturated carbocycles. The Hall–Kier alpha value is -1.18. The lowest BCUT2D eigenvalue weighted by Gasteiger charge is -2.16. The molecule has 1 atom stereocenters. The van der Waals surface area contributed by atoms with E-state index < -0.39 is 0 Å². The Bertz CT molecular complexity index is 314. The van der Waals surface area contributed by atoms with Crippen molar-refractivity contribution in [2.75, 3.05) is 0 Å². The van der Waals surface area contributed by atoms with E-state index in [1.54, 1.807) is 6.92 Å². The lowest BCUT2D eigenvalue weighted by atomic mass is 9.89. The zero-order valence-electron chi connectivity index (χ0n) is 9.24. The highest BCUT2D eigenvalue weighted by molar-refractivity contribution is 5.83. The standard InChI is InChI=1S/C12H17NO/c1-8(2)12(10(4)14)11-6-5-9(3)7-13-11/h5-8,12H,1-4H3. The summed E-state index contributed by atoms with van der Waals surface area (Å²) in [7, 11) is 0. The van der Waals surface area contributed by atoms with Gasteiger partial charge in [0.1, 0.15) is 5.78 Å². The first-order chi connectivity index (χ1) is 6.52. The topological polar surface area (TPSA) is 30.0 Å². The number of aromatic nitrogens is 1. The van der Waals surface area contributed by atoms with E-state index in [1.807, 2.05) is 39.1 Å². The van der Waals surface area contributed by atoms with Gasteiger partial charge in [0.15, 0.2) is 0 Å². The van der Waals surface area contributed by atoms with Crippen LogP contribution in [0.25, 0.3) is 0 Å². The highest BCUT2D eigenvalue weighted by Crippen LogP contribution is 2.23. The van der Waals surface area contributed by atoms with Crippen molar-refractivity contribution >= 4 is 5.78 Å². The highest BCUT2D eigenvalue weighted by atomic mass is 16.1. The summed E-state index contributed by atoms with van der Waals surface area (Å²) in [5.41, 5.74) is 2.01. The summed E-state index contributed by atoms with van der Waals surface area (Å²) in [5, 5.41) is 0. The van der Waals surface area contributed by atoms with Gasteiger partial charge in [0.25, 0.3) is 0 Å². The van der Waals surface area contributed by atoms with Gasteiger partial charge in [0, 0.05) is 6.20 Å². The quantitative estimate of drug-likeness (QED) is 0.735. The van der Waals surface area contributed by atoms with Crippen molar-refractivity contribution in [1.29, 1.82) is 0 Å². The minimum absolute atomic E-state index is 0.0596. The molecule has 0 aromatic carbocycles. The average Bonchev–Trinajstić information content (AvgIpc) is 2.07. The Morgan fingerprint density at radius 2 is 2.00 bits per heavy atom. The third-order valence-electron chi connectivity index (χ3n) is 2.36. The maximum Gasteiger partial charge on any atom is 0.139 e. The second kappa shape index (κ2) is 4.36. The van der Waals surface area contributed by atoms with Crippen LogP contribution in [0, 0.1) is 12.8 Å². The highest BCUT2D eigenvalue weighted by Gasteiger charge is 2.21. The minimum atomic E-state index is -0.0596. The first-order valence-electron chi connectivity index (χ1n) is 4.95. The Morgan fingerprint density at radius 3 is 2.36 bits per heavy atom. The second-order valence-electron chi connectivity index (χ2n) is 4.09. The lowest BCUT2D eigenvalue weighted by Crippen LogP contribution is -2.16. The Labute approximate surface area is 85.4 Å². The van der Waals surface area contributed by atoms with E-state index in [0.717, 1.165) is 11.3 Å². The predicted molar refractivity (Wildman–Crippen MR) is 57.2 cm³/mol. The molecule has 0 aliphatic rings. The van der Waals surface area contributed by atoms with Gasteiger partial charge in [-0.05, 0) is 31.4 Å². The number of hydrogen-bond donors (Lipinski definition) is 0. The maximum absolute atomic E-state index is 11.4. The lowest BCUT2D eigenvalue weighted by molar-refractivity contribution is -0.119. The van der Waals surface area contributed by atoms with Gasteiger partial charge in [-0.2, -0.15) is 0 Å². The van der Waals surface area contributed by atoms with E-state index in [0.29, 0.717) is 5.92 Å². The number of carbonyl (C=O) groups excluding carboxylic acids is 1. The van der Waals surface area contributed by atoms with Gasteiger partial charge in [-0.1, -0.05) is 19.9 Å². The van der Waals surface area contributed by atoms with E-state index in [9.17, 15) is 4.79 Å². The molecule has 0 spiro atoms. The average molecular weight is 191 g/mol. The van der Waals surface area contributed by atoms with E-state index in [4.69, 9.17) is 0 Å². The van der Waals surface area contributed by atoms with Gasteiger partial charge in [-0.25, -0.2) is 0 Å². The van der Waals surface area contributed by atoms with Gasteiger partial charge in [0.05, 0.1) is 11.6 Å². The molecule has 1 heterocycles. The summed E-state index contributed by atoms with van der Waals surface area (Å²) in [4.78, 5) is 15.7. The summed E-state index contributed by atoms with van der Waals surface area (Å²) in [6, 6.07) is 3.95. The number of pyridine rings is 1. The zero-order valence-corrected chi connectivity index (χ0v) is 9.24. The van der Waals surface area contributed by atoms with Gasteiger partial charge in [-0.3, -0.25) is 9.78 Å². The van der Waals surface area contributed by atoms with E-state index in [1.165, 1.54) is 0 Å². The zero-order chi connectivity index (χ0) is 10.7. The number of Topliss-reactive ketones (excluding diaryl/α,β-unsaturated/α-hetero) is 1. The molecule has 0 fully saturated rings. The van der Waals surface area contributed by atoms with E-state index in [2.05, 4.69) is 4.98 Å². The molecule has 1 unspecified atom stereocenters. The first-order valence-corrected chi connectivity index (χ1v) is 4.95. The molecule has 0 radical (unpaired) electrons. The number of aryl methyl sites for hydroxylation is 1. The molecule has 2 nitrogen and oxygen atoms in total. The monoisotopic (exact) mass is 191 g/mol. The van der Waals surface area contributed by atoms with Crippen LogP contribution in [-0.2, 0) is 4.79 Å². The third kappa shape index (κ3) is 2.41. The Kier molecular flexibility index (Phi) is 3.39. The normalized spacial score (nSPS) is 12.9. The van der Waals surface area contributed by atoms with Crippen LogP contribution in [0.1, 0.15) is 37.9 Å². The van der Waals surface area contributed by atoms with Crippen molar-refractivity contribution in [3.63, 3.8) is 0 Å². The molecule has 1 aromatic heterocycles. The fraction of sp³-hybridized carbons (Fsp3) is 0.500. The van der Waals surface area contributed by atoms with Crippen molar-refractivity contribution in [1.82, 2.24) is 4.98 Å². The SMILES string of the molecule is CC(=O)C(c1ccc(C)cn1)C(C)C. The van der Waals surface area contributed by atoms with Crippen LogP contribution < -0.4 is 0 Å². The number of carbonyl (C=O) groups is 1. The van der Waals surface area contributed by atoms with E-state index >= 15 is 0 Å². The number of rotatable bonds is 3. The van der Waals surface area contributed by atoms with Crippen molar-refractivity contribution in [2.45, 2.75) is 33.6 Å². The fourth-order valence-electron chi connectivity index (χ4n) is 1.68. The number of hydrogen-bond acceptors (Lipinski definition) is 2. The van der Waals surface area contributed by atoms with Crippen LogP contribution in [0.5, 0.6) is 0 Å². The van der Waals surface area contributed by atoms with Crippen molar-refractivity contribution in [3.05, 3.63) is 29.6 Å². The van der Waals surface area contributed by atoms with Gasteiger partial charge >= 0.3 is 0 Å². The Balaban J connectivity index is 3.00. The molecule has 0 N–H and O–H groups in total. The molecule has 76 valence electrons. The largest absolute Gasteiger partial charge is 0.299 e. The Morgan fingerprint density at radius 1 is 1.36 bits per heavy atom. The summed E-state index contributed by atoms with van der Waals surface area (Å²) in [6.07, 6.45) is 1.81. The van der Waals surface area contributed by atoms with Crippen LogP contribution >= 0.6 is 0 Å². The molecule has 0 aliphatic carbocycles. The fourth-order valence-corrected chi connectivity index (χ4v) is 1.68. The molecule has 0 saturated heterocycles. The van der Waals surface area contributed by atoms with Gasteiger partial charge in [0.2, 0.25) is 0 Å². The summed E-state index contributed by atoms with van der Waals surface area (Å²) in [6.45, 7) is 7.72. The summed E-state index contributed by atoms with van der Waals surface area (Å²) >= 11 is 0. The van der Waals surface area contributed by atoms with Gasteiger partial charge < -0.3 is 0 Å². The minimum Gasteiger partial charge on any atom is -0.299 e. The van der Waals surface area contributed by atoms with Crippen molar-refractivity contribution < 1.29 is 4.79 Å². The number of nitrogens with zero attached hydrogens (tertiary/aromatic N) is 1. The van der Waals surface area contributed by atoms with Crippen LogP contribution in [-0.4, -0.2) is 10.8 Å². The third-order valence-corrected chi connectivity index (χ3v) is 2.36. The predicted octanol–water partition coefficient (Wildman–Crippen LogP) is 2.72.